The van der Waals surface area contributed by atoms with Crippen LogP contribution in [0.4, 0.5) is 4.39 Å². The van der Waals surface area contributed by atoms with Crippen LogP contribution in [0.2, 0.25) is 0 Å². The Balaban J connectivity index is 1.54. The fourth-order valence-corrected chi connectivity index (χ4v) is 3.89. The van der Waals surface area contributed by atoms with Crippen molar-refractivity contribution in [2.45, 2.75) is 24.2 Å². The van der Waals surface area contributed by atoms with Gasteiger partial charge in [-0.3, -0.25) is 4.79 Å². The zero-order valence-corrected chi connectivity index (χ0v) is 16.5. The third-order valence-corrected chi connectivity index (χ3v) is 6.10. The number of carbonyl (C=O) groups excluding carboxylic acids is 1. The topological polar surface area (TPSA) is 102 Å². The van der Waals surface area contributed by atoms with Gasteiger partial charge in [-0.25, -0.2) is 12.8 Å². The summed E-state index contributed by atoms with van der Waals surface area (Å²) in [6.07, 6.45) is -0.0308. The molecule has 29 heavy (non-hydrogen) atoms. The van der Waals surface area contributed by atoms with Crippen molar-refractivity contribution in [2.75, 3.05) is 12.3 Å². The van der Waals surface area contributed by atoms with Crippen LogP contribution >= 0.6 is 0 Å². The Morgan fingerprint density at radius 3 is 2.52 bits per heavy atom. The Labute approximate surface area is 167 Å². The number of hydrogen-bond acceptors (Lipinski definition) is 6. The predicted molar refractivity (Wildman–Crippen MR) is 104 cm³/mol. The maximum atomic E-state index is 12.9. The van der Waals surface area contributed by atoms with Gasteiger partial charge in [-0.05, 0) is 35.7 Å². The molecule has 7 nitrogen and oxygen atoms in total. The predicted octanol–water partition coefficient (Wildman–Crippen LogP) is 2.76. The third kappa shape index (κ3) is 5.47. The lowest BCUT2D eigenvalue weighted by Gasteiger charge is -2.11. The van der Waals surface area contributed by atoms with E-state index < -0.39 is 21.6 Å². The van der Waals surface area contributed by atoms with E-state index in [1.165, 1.54) is 12.1 Å². The van der Waals surface area contributed by atoms with Crippen LogP contribution in [0, 0.1) is 5.82 Å². The lowest BCUT2D eigenvalue weighted by Crippen LogP contribution is -2.27. The second-order valence-electron chi connectivity index (χ2n) is 6.56. The van der Waals surface area contributed by atoms with Crippen LogP contribution < -0.4 is 5.32 Å². The standard InChI is InChI=1S/C20H20FN3O4S/c1-14(15-5-3-2-4-6-15)13-22-19(25)20-23-18(24-28-20)11-12-29(26,27)17-9-7-16(21)8-10-17/h2-10,14H,11-13H2,1H3,(H,22,25). The summed E-state index contributed by atoms with van der Waals surface area (Å²) in [7, 11) is -3.63. The first kappa shape index (κ1) is 20.7. The molecule has 0 saturated carbocycles. The Morgan fingerprint density at radius 2 is 1.83 bits per heavy atom. The number of nitrogens with zero attached hydrogens (tertiary/aromatic N) is 2. The van der Waals surface area contributed by atoms with Crippen molar-refractivity contribution in [1.29, 1.82) is 0 Å². The van der Waals surface area contributed by atoms with E-state index >= 15 is 0 Å². The van der Waals surface area contributed by atoms with Crippen molar-refractivity contribution in [1.82, 2.24) is 15.5 Å². The molecule has 1 aromatic heterocycles. The van der Waals surface area contributed by atoms with Gasteiger partial charge in [0, 0.05) is 13.0 Å². The fraction of sp³-hybridized carbons (Fsp3) is 0.250. The van der Waals surface area contributed by atoms with Gasteiger partial charge in [0.05, 0.1) is 10.6 Å². The molecule has 0 aliphatic carbocycles. The number of amides is 1. The van der Waals surface area contributed by atoms with Gasteiger partial charge in [-0.2, -0.15) is 4.98 Å². The summed E-state index contributed by atoms with van der Waals surface area (Å²) in [5, 5.41) is 6.39. The van der Waals surface area contributed by atoms with Gasteiger partial charge in [0.2, 0.25) is 0 Å². The SMILES string of the molecule is CC(CNC(=O)c1nc(CCS(=O)(=O)c2ccc(F)cc2)no1)c1ccccc1. The number of carbonyl (C=O) groups is 1. The summed E-state index contributed by atoms with van der Waals surface area (Å²) >= 11 is 0. The van der Waals surface area contributed by atoms with E-state index in [4.69, 9.17) is 4.52 Å². The van der Waals surface area contributed by atoms with Gasteiger partial charge in [-0.1, -0.05) is 42.4 Å². The van der Waals surface area contributed by atoms with Crippen LogP contribution in [0.1, 0.15) is 34.9 Å². The molecule has 0 spiro atoms. The number of rotatable bonds is 8. The van der Waals surface area contributed by atoms with Crippen molar-refractivity contribution in [3.05, 3.63) is 77.7 Å². The van der Waals surface area contributed by atoms with E-state index in [9.17, 15) is 17.6 Å². The molecule has 1 N–H and O–H groups in total. The largest absolute Gasteiger partial charge is 0.347 e. The minimum Gasteiger partial charge on any atom is -0.347 e. The summed E-state index contributed by atoms with van der Waals surface area (Å²) in [5.74, 6) is -1.34. The van der Waals surface area contributed by atoms with Crippen LogP contribution in [0.15, 0.2) is 64.0 Å². The minimum atomic E-state index is -3.63. The first-order chi connectivity index (χ1) is 13.8. The van der Waals surface area contributed by atoms with Gasteiger partial charge < -0.3 is 9.84 Å². The van der Waals surface area contributed by atoms with Gasteiger partial charge in [0.1, 0.15) is 5.82 Å². The highest BCUT2D eigenvalue weighted by molar-refractivity contribution is 7.91. The molecule has 1 unspecified atom stereocenters. The molecule has 0 aliphatic heterocycles. The number of aryl methyl sites for hydroxylation is 1. The van der Waals surface area contributed by atoms with Gasteiger partial charge in [0.15, 0.2) is 15.7 Å². The first-order valence-corrected chi connectivity index (χ1v) is 10.6. The van der Waals surface area contributed by atoms with Crippen LogP contribution in [-0.2, 0) is 16.3 Å². The Kier molecular flexibility index (Phi) is 6.38. The summed E-state index contributed by atoms with van der Waals surface area (Å²) in [6, 6.07) is 14.3. The highest BCUT2D eigenvalue weighted by Gasteiger charge is 2.19. The smallest absolute Gasteiger partial charge is 0.315 e. The van der Waals surface area contributed by atoms with Crippen LogP contribution in [0.5, 0.6) is 0 Å². The molecule has 2 aromatic carbocycles. The molecule has 9 heteroatoms. The van der Waals surface area contributed by atoms with Crippen molar-refractivity contribution < 1.29 is 22.1 Å². The zero-order valence-electron chi connectivity index (χ0n) is 15.7. The monoisotopic (exact) mass is 417 g/mol. The maximum absolute atomic E-state index is 12.9. The number of nitrogens with one attached hydrogen (secondary N) is 1. The average molecular weight is 417 g/mol. The number of hydrogen-bond donors (Lipinski definition) is 1. The lowest BCUT2D eigenvalue weighted by atomic mass is 10.0. The molecule has 0 saturated heterocycles. The molecule has 0 fully saturated rings. The van der Waals surface area contributed by atoms with E-state index in [1.54, 1.807) is 0 Å². The van der Waals surface area contributed by atoms with E-state index in [0.717, 1.165) is 17.7 Å². The number of benzene rings is 2. The Hall–Kier alpha value is -3.07. The molecule has 0 radical (unpaired) electrons. The molecule has 0 aliphatic rings. The molecule has 152 valence electrons. The third-order valence-electron chi connectivity index (χ3n) is 4.37. The highest BCUT2D eigenvalue weighted by Crippen LogP contribution is 2.14. The fourth-order valence-electron chi connectivity index (χ4n) is 2.65. The lowest BCUT2D eigenvalue weighted by molar-refractivity contribution is 0.0907. The molecule has 1 atom stereocenters. The van der Waals surface area contributed by atoms with Crippen LogP contribution in [-0.4, -0.2) is 36.8 Å². The number of aromatic nitrogens is 2. The summed E-state index contributed by atoms with van der Waals surface area (Å²) in [6.45, 7) is 2.37. The van der Waals surface area contributed by atoms with Crippen molar-refractivity contribution in [3.8, 4) is 0 Å². The van der Waals surface area contributed by atoms with E-state index in [-0.39, 0.29) is 34.7 Å². The summed E-state index contributed by atoms with van der Waals surface area (Å²) < 4.78 is 42.4. The average Bonchev–Trinajstić information content (AvgIpc) is 3.20. The quantitative estimate of drug-likeness (QED) is 0.566. The maximum Gasteiger partial charge on any atom is 0.315 e. The Bertz CT molecular complexity index is 1070. The highest BCUT2D eigenvalue weighted by atomic mass is 32.2. The van der Waals surface area contributed by atoms with Crippen molar-refractivity contribution in [3.63, 3.8) is 0 Å². The molecule has 0 bridgehead atoms. The molecule has 3 rings (SSSR count). The first-order valence-electron chi connectivity index (χ1n) is 8.99. The number of halogens is 1. The van der Waals surface area contributed by atoms with Crippen LogP contribution in [0.25, 0.3) is 0 Å². The molecular formula is C20H20FN3O4S. The normalized spacial score (nSPS) is 12.5. The van der Waals surface area contributed by atoms with Gasteiger partial charge in [0.25, 0.3) is 0 Å². The van der Waals surface area contributed by atoms with E-state index in [1.807, 2.05) is 37.3 Å². The minimum absolute atomic E-state index is 0.00950. The van der Waals surface area contributed by atoms with Gasteiger partial charge in [-0.15, -0.1) is 0 Å². The second-order valence-corrected chi connectivity index (χ2v) is 8.67. The van der Waals surface area contributed by atoms with Crippen LogP contribution in [0.3, 0.4) is 0 Å². The number of sulfone groups is 1. The van der Waals surface area contributed by atoms with Crippen molar-refractivity contribution in [2.24, 2.45) is 0 Å². The second kappa shape index (κ2) is 8.95. The Morgan fingerprint density at radius 1 is 1.14 bits per heavy atom. The van der Waals surface area contributed by atoms with Crippen molar-refractivity contribution >= 4 is 15.7 Å². The van der Waals surface area contributed by atoms with Gasteiger partial charge >= 0.3 is 11.8 Å². The molecular weight excluding hydrogens is 397 g/mol. The van der Waals surface area contributed by atoms with E-state index in [2.05, 4.69) is 15.5 Å². The molecule has 3 aromatic rings. The summed E-state index contributed by atoms with van der Waals surface area (Å²) in [4.78, 5) is 16.2. The summed E-state index contributed by atoms with van der Waals surface area (Å²) in [5.41, 5.74) is 1.09. The molecule has 1 amide bonds. The zero-order chi connectivity index (χ0) is 20.9. The van der Waals surface area contributed by atoms with E-state index in [0.29, 0.717) is 6.54 Å². The molecule has 1 heterocycles.